The normalized spacial score (nSPS) is 18.5. The minimum Gasteiger partial charge on any atom is -0.417 e. The lowest BCUT2D eigenvalue weighted by atomic mass is 10.0. The van der Waals surface area contributed by atoms with Crippen LogP contribution in [0.25, 0.3) is 0 Å². The molecule has 0 aliphatic carbocycles. The van der Waals surface area contributed by atoms with Gasteiger partial charge in [0.05, 0.1) is 10.8 Å². The smallest absolute Gasteiger partial charge is 0.191 e. The third-order valence-electron chi connectivity index (χ3n) is 9.05. The fourth-order valence-corrected chi connectivity index (χ4v) is 15.8. The van der Waals surface area contributed by atoms with Gasteiger partial charge in [-0.1, -0.05) is 102 Å². The molecule has 4 rings (SSSR count). The van der Waals surface area contributed by atoms with Gasteiger partial charge in [0.2, 0.25) is 0 Å². The second-order valence-corrected chi connectivity index (χ2v) is 23.5. The second kappa shape index (κ2) is 13.1. The largest absolute Gasteiger partial charge is 0.417 e. The molecule has 0 unspecified atom stereocenters. The first-order valence-electron chi connectivity index (χ1n) is 15.3. The van der Waals surface area contributed by atoms with Crippen LogP contribution in [-0.4, -0.2) is 21.1 Å². The Morgan fingerprint density at radius 3 is 1.56 bits per heavy atom. The van der Waals surface area contributed by atoms with Crippen LogP contribution in [0.1, 0.15) is 83.7 Å². The molecule has 4 heteroatoms. The predicted molar refractivity (Wildman–Crippen MR) is 187 cm³/mol. The minimum atomic E-state index is -1.71. The summed E-state index contributed by atoms with van der Waals surface area (Å²) in [5.74, 6) is 0. The maximum atomic E-state index is 6.59. The minimum absolute atomic E-state index is 0.265. The summed E-state index contributed by atoms with van der Waals surface area (Å²) in [5.41, 5.74) is 13.2. The summed E-state index contributed by atoms with van der Waals surface area (Å²) in [6.07, 6.45) is 4.80. The van der Waals surface area contributed by atoms with E-state index in [1.54, 1.807) is 21.9 Å². The van der Waals surface area contributed by atoms with Crippen LogP contribution in [0.4, 0.5) is 0 Å². The average Bonchev–Trinajstić information content (AvgIpc) is 2.85. The lowest BCUT2D eigenvalue weighted by Crippen LogP contribution is -2.41. The van der Waals surface area contributed by atoms with Crippen molar-refractivity contribution < 1.29 is 4.43 Å². The van der Waals surface area contributed by atoms with E-state index in [9.17, 15) is 0 Å². The van der Waals surface area contributed by atoms with Crippen LogP contribution in [0.15, 0.2) is 54.6 Å². The van der Waals surface area contributed by atoms with Crippen LogP contribution in [0.3, 0.4) is 0 Å². The first-order valence-corrected chi connectivity index (χ1v) is 21.3. The summed E-state index contributed by atoms with van der Waals surface area (Å²) in [6.45, 7) is 26.5. The van der Waals surface area contributed by atoms with Crippen LogP contribution in [-0.2, 0) is 10.6 Å². The van der Waals surface area contributed by atoms with Crippen LogP contribution >= 0.6 is 15.8 Å². The number of aryl methyl sites for hydroxylation is 6. The van der Waals surface area contributed by atoms with E-state index in [0.29, 0.717) is 0 Å². The van der Waals surface area contributed by atoms with Gasteiger partial charge in [-0.3, -0.25) is 0 Å². The number of hydrogen-bond acceptors (Lipinski definition) is 1. The zero-order valence-electron chi connectivity index (χ0n) is 27.5. The Hall–Kier alpha value is -1.30. The molecular formula is C37H52OP2Si. The van der Waals surface area contributed by atoms with Gasteiger partial charge in [-0.15, -0.1) is 0 Å². The molecule has 1 aliphatic rings. The molecular weight excluding hydrogens is 550 g/mol. The summed E-state index contributed by atoms with van der Waals surface area (Å²) >= 11 is 0. The van der Waals surface area contributed by atoms with E-state index in [-0.39, 0.29) is 13.0 Å². The van der Waals surface area contributed by atoms with Crippen LogP contribution in [0.5, 0.6) is 0 Å². The molecule has 1 saturated heterocycles. The first kappa shape index (κ1) is 32.6. The molecule has 0 bridgehead atoms. The SMILES string of the molecule is Cc1cc(C)c([C]2P(CCCCO[Si](C)(C)C(C)(C)C)[C](c3c(C)cc(C)cc3C)P2Cc2ccccc2)c(C)c1. The Balaban J connectivity index is 1.69. The Morgan fingerprint density at radius 2 is 1.12 bits per heavy atom. The third kappa shape index (κ3) is 7.26. The highest BCUT2D eigenvalue weighted by Gasteiger charge is 2.53. The number of hydrogen-bond donors (Lipinski definition) is 0. The van der Waals surface area contributed by atoms with Gasteiger partial charge >= 0.3 is 0 Å². The van der Waals surface area contributed by atoms with Gasteiger partial charge in [-0.25, -0.2) is 0 Å². The van der Waals surface area contributed by atoms with Gasteiger partial charge < -0.3 is 4.43 Å². The molecule has 0 N–H and O–H groups in total. The van der Waals surface area contributed by atoms with Crippen molar-refractivity contribution in [1.29, 1.82) is 0 Å². The fourth-order valence-electron chi connectivity index (χ4n) is 6.10. The predicted octanol–water partition coefficient (Wildman–Crippen LogP) is 11.9. The summed E-state index contributed by atoms with van der Waals surface area (Å²) in [4.78, 5) is 0. The molecule has 41 heavy (non-hydrogen) atoms. The lowest BCUT2D eigenvalue weighted by Gasteiger charge is -2.54. The number of rotatable bonds is 10. The zero-order valence-corrected chi connectivity index (χ0v) is 30.3. The highest BCUT2D eigenvalue weighted by atomic mass is 31.2. The van der Waals surface area contributed by atoms with Gasteiger partial charge in [0, 0.05) is 6.61 Å². The van der Waals surface area contributed by atoms with E-state index in [4.69, 9.17) is 4.43 Å². The van der Waals surface area contributed by atoms with Crippen molar-refractivity contribution in [1.82, 2.24) is 0 Å². The molecule has 1 nitrogen and oxygen atoms in total. The number of unbranched alkanes of at least 4 members (excludes halogenated alkanes) is 1. The van der Waals surface area contributed by atoms with Crippen molar-refractivity contribution in [3.8, 4) is 0 Å². The Morgan fingerprint density at radius 1 is 0.659 bits per heavy atom. The highest BCUT2D eigenvalue weighted by Crippen LogP contribution is 2.93. The molecule has 3 aromatic carbocycles. The standard InChI is InChI=1S/C37H52OP2Si/c1-26-21-28(3)33(29(4)22-26)35-39(20-16-15-19-38-41(10,11)37(7,8)9)36(34-30(5)23-27(2)24-31(34)6)40(35)25-32-17-13-12-14-18-32/h12-14,17-18,21-24H,15-16,19-20,25H2,1-11H3. The molecule has 0 saturated carbocycles. The molecule has 0 spiro atoms. The maximum absolute atomic E-state index is 6.59. The van der Waals surface area contributed by atoms with E-state index >= 15 is 0 Å². The van der Waals surface area contributed by atoms with Crippen LogP contribution in [0.2, 0.25) is 18.1 Å². The van der Waals surface area contributed by atoms with Gasteiger partial charge in [0.1, 0.15) is 0 Å². The van der Waals surface area contributed by atoms with E-state index in [1.807, 2.05) is 0 Å². The van der Waals surface area contributed by atoms with Crippen molar-refractivity contribution in [2.75, 3.05) is 12.8 Å². The molecule has 1 fully saturated rings. The second-order valence-electron chi connectivity index (χ2n) is 13.7. The maximum Gasteiger partial charge on any atom is 0.191 e. The lowest BCUT2D eigenvalue weighted by molar-refractivity contribution is 0.281. The molecule has 2 radical (unpaired) electrons. The Kier molecular flexibility index (Phi) is 10.4. The van der Waals surface area contributed by atoms with E-state index < -0.39 is 16.2 Å². The fraction of sp³-hybridized carbons (Fsp3) is 0.459. The molecule has 220 valence electrons. The van der Waals surface area contributed by atoms with Crippen molar-refractivity contribution >= 4 is 24.2 Å². The first-order chi connectivity index (χ1) is 19.2. The van der Waals surface area contributed by atoms with Gasteiger partial charge in [0.25, 0.3) is 0 Å². The summed E-state index contributed by atoms with van der Waals surface area (Å²) in [7, 11) is -2.45. The van der Waals surface area contributed by atoms with E-state index in [0.717, 1.165) is 19.2 Å². The van der Waals surface area contributed by atoms with Crippen molar-refractivity contribution in [3.63, 3.8) is 0 Å². The summed E-state index contributed by atoms with van der Waals surface area (Å²) in [6, 6.07) is 20.9. The topological polar surface area (TPSA) is 9.23 Å². The molecule has 0 atom stereocenters. The average molecular weight is 603 g/mol. The Labute approximate surface area is 255 Å². The third-order valence-corrected chi connectivity index (χ3v) is 20.9. The number of benzene rings is 3. The molecule has 3 aromatic rings. The molecule has 1 heterocycles. The van der Waals surface area contributed by atoms with Gasteiger partial charge in [-0.2, -0.15) is 0 Å². The van der Waals surface area contributed by atoms with Crippen molar-refractivity contribution in [2.24, 2.45) is 0 Å². The van der Waals surface area contributed by atoms with Gasteiger partial charge in [0.15, 0.2) is 8.32 Å². The van der Waals surface area contributed by atoms with E-state index in [2.05, 4.69) is 130 Å². The highest BCUT2D eigenvalue weighted by molar-refractivity contribution is 8.00. The quantitative estimate of drug-likeness (QED) is 0.127. The summed E-state index contributed by atoms with van der Waals surface area (Å²) < 4.78 is 6.59. The molecule has 0 amide bonds. The van der Waals surface area contributed by atoms with Crippen LogP contribution in [0, 0.1) is 52.3 Å². The van der Waals surface area contributed by atoms with Crippen molar-refractivity contribution in [2.45, 2.75) is 99.4 Å². The molecule has 0 aromatic heterocycles. The van der Waals surface area contributed by atoms with E-state index in [1.165, 1.54) is 51.5 Å². The molecule has 1 aliphatic heterocycles. The zero-order chi connectivity index (χ0) is 30.1. The Bertz CT molecular complexity index is 1230. The summed E-state index contributed by atoms with van der Waals surface area (Å²) in [5, 5.41) is 3.86. The van der Waals surface area contributed by atoms with Gasteiger partial charge in [-0.05, 0) is 124 Å². The monoisotopic (exact) mass is 602 g/mol. The van der Waals surface area contributed by atoms with Crippen molar-refractivity contribution in [3.05, 3.63) is 115 Å². The van der Waals surface area contributed by atoms with Crippen LogP contribution < -0.4 is 0 Å².